The molecule has 0 amide bonds. The molecule has 0 fully saturated rings. The van der Waals surface area contributed by atoms with Crippen LogP contribution in [0.2, 0.25) is 0 Å². The van der Waals surface area contributed by atoms with Crippen molar-refractivity contribution in [1.82, 2.24) is 0 Å². The first-order chi connectivity index (χ1) is 34.9. The van der Waals surface area contributed by atoms with E-state index >= 15 is 0 Å². The van der Waals surface area contributed by atoms with Crippen molar-refractivity contribution in [2.45, 2.75) is 294 Å². The Morgan fingerprint density at radius 1 is 0.288 bits per heavy atom. The fourth-order valence-corrected chi connectivity index (χ4v) is 11.9. The maximum atomic E-state index is 12.0. The van der Waals surface area contributed by atoms with Crippen LogP contribution in [0.4, 0.5) is 0 Å². The number of unbranched alkanes of at least 4 members (excludes halogenated alkanes) is 32. The van der Waals surface area contributed by atoms with E-state index < -0.39 is 20.2 Å². The molecule has 4 rings (SSSR count). The SMILES string of the molecule is CCCCCCCCCCCc1ccc2c(CCCCCCCCCCC)ccc(S(=O)(=O)[O-])c2c1.CCCCCCCCCCCc1ccc2c(CCCCCCCCCCC)ccc(S(=O)(=O)[O-])c2c1.[Ba+2]. The normalized spacial score (nSPS) is 11.8. The zero-order valence-electron chi connectivity index (χ0n) is 47.0. The third kappa shape index (κ3) is 29.4. The van der Waals surface area contributed by atoms with E-state index in [-0.39, 0.29) is 58.7 Å². The molecule has 0 heterocycles. The van der Waals surface area contributed by atoms with Crippen molar-refractivity contribution < 1.29 is 25.9 Å². The molecule has 9 heteroatoms. The molecule has 73 heavy (non-hydrogen) atoms. The molecule has 0 aliphatic rings. The van der Waals surface area contributed by atoms with Crippen LogP contribution >= 0.6 is 0 Å². The average molecular weight is 1170 g/mol. The Morgan fingerprint density at radius 3 is 0.767 bits per heavy atom. The summed E-state index contributed by atoms with van der Waals surface area (Å²) in [7, 11) is -9.00. The van der Waals surface area contributed by atoms with Gasteiger partial charge in [-0.15, -0.1) is 0 Å². The van der Waals surface area contributed by atoms with Gasteiger partial charge < -0.3 is 9.11 Å². The van der Waals surface area contributed by atoms with Gasteiger partial charge >= 0.3 is 48.9 Å². The Balaban J connectivity index is 0.000000493. The van der Waals surface area contributed by atoms with E-state index in [9.17, 15) is 25.9 Å². The van der Waals surface area contributed by atoms with Gasteiger partial charge in [0.1, 0.15) is 20.2 Å². The number of benzene rings is 4. The summed E-state index contributed by atoms with van der Waals surface area (Å²) < 4.78 is 71.8. The summed E-state index contributed by atoms with van der Waals surface area (Å²) in [6.45, 7) is 9.01. The number of fused-ring (bicyclic) bond motifs is 2. The van der Waals surface area contributed by atoms with Gasteiger partial charge in [-0.25, -0.2) is 16.8 Å². The summed E-state index contributed by atoms with van der Waals surface area (Å²) in [5.41, 5.74) is 4.59. The van der Waals surface area contributed by atoms with Gasteiger partial charge in [-0.1, -0.05) is 270 Å². The molecule has 0 aromatic heterocycles. The van der Waals surface area contributed by atoms with Crippen LogP contribution in [0, 0.1) is 0 Å². The van der Waals surface area contributed by atoms with Gasteiger partial charge in [0.25, 0.3) is 0 Å². The van der Waals surface area contributed by atoms with E-state index in [0.29, 0.717) is 10.8 Å². The molecular formula is C64H102BaO6S2. The zero-order chi connectivity index (χ0) is 52.1. The summed E-state index contributed by atoms with van der Waals surface area (Å²) in [5.74, 6) is 0. The van der Waals surface area contributed by atoms with Crippen LogP contribution in [0.15, 0.2) is 70.5 Å². The number of hydrogen-bond acceptors (Lipinski definition) is 6. The Morgan fingerprint density at radius 2 is 0.521 bits per heavy atom. The maximum absolute atomic E-state index is 12.0. The van der Waals surface area contributed by atoms with Crippen LogP contribution in [-0.4, -0.2) is 74.8 Å². The fourth-order valence-electron chi connectivity index (χ4n) is 10.6. The minimum atomic E-state index is -4.50. The molecule has 4 aromatic carbocycles. The van der Waals surface area contributed by atoms with Gasteiger partial charge in [0.15, 0.2) is 0 Å². The van der Waals surface area contributed by atoms with Crippen molar-refractivity contribution in [3.63, 3.8) is 0 Å². The summed E-state index contributed by atoms with van der Waals surface area (Å²) in [5, 5.41) is 3.10. The molecule has 0 saturated heterocycles. The van der Waals surface area contributed by atoms with Gasteiger partial charge in [0.05, 0.1) is 9.79 Å². The van der Waals surface area contributed by atoms with Gasteiger partial charge in [0, 0.05) is 0 Å². The van der Waals surface area contributed by atoms with Gasteiger partial charge in [-0.05, 0) is 119 Å². The standard InChI is InChI=1S/2C32H52O3S.Ba/c2*1-3-5-7-9-11-13-15-17-19-21-28-23-25-30-29(22-20-18-16-14-12-10-8-6-4-2)24-26-32(31(30)27-28)36(33,34)35;/h2*23-27H,3-22H2,1-2H3,(H,33,34,35);/q;;+2/p-2. The van der Waals surface area contributed by atoms with Crippen molar-refractivity contribution in [3.8, 4) is 0 Å². The number of hydrogen-bond donors (Lipinski definition) is 0. The largest absolute Gasteiger partial charge is 2.00 e. The molecule has 0 bridgehead atoms. The first-order valence-electron chi connectivity index (χ1n) is 29.9. The second-order valence-corrected chi connectivity index (χ2v) is 24.1. The van der Waals surface area contributed by atoms with Crippen LogP contribution in [0.3, 0.4) is 0 Å². The van der Waals surface area contributed by atoms with Crippen LogP contribution in [0.5, 0.6) is 0 Å². The van der Waals surface area contributed by atoms with E-state index in [1.807, 2.05) is 24.3 Å². The second kappa shape index (κ2) is 41.8. The second-order valence-electron chi connectivity index (χ2n) is 21.4. The van der Waals surface area contributed by atoms with Gasteiger partial charge in [0.2, 0.25) is 0 Å². The Kier molecular flexibility index (Phi) is 38.9. The van der Waals surface area contributed by atoms with E-state index in [2.05, 4.69) is 52.0 Å². The summed E-state index contributed by atoms with van der Waals surface area (Å²) in [4.78, 5) is -0.135. The van der Waals surface area contributed by atoms with Crippen molar-refractivity contribution in [3.05, 3.63) is 82.9 Å². The molecule has 0 atom stereocenters. The molecule has 408 valence electrons. The average Bonchev–Trinajstić information content (AvgIpc) is 3.36. The first-order valence-corrected chi connectivity index (χ1v) is 32.8. The Hall–Kier alpha value is -1.21. The van der Waals surface area contributed by atoms with Gasteiger partial charge in [-0.3, -0.25) is 0 Å². The fraction of sp³-hybridized carbons (Fsp3) is 0.688. The summed E-state index contributed by atoms with van der Waals surface area (Å²) >= 11 is 0. The smallest absolute Gasteiger partial charge is 0.744 e. The van der Waals surface area contributed by atoms with Crippen molar-refractivity contribution in [1.29, 1.82) is 0 Å². The Labute approximate surface area is 489 Å². The minimum absolute atomic E-state index is 0. The van der Waals surface area contributed by atoms with Crippen molar-refractivity contribution in [2.24, 2.45) is 0 Å². The molecule has 0 radical (unpaired) electrons. The molecular weight excluding hydrogens is 1070 g/mol. The molecule has 0 saturated carbocycles. The first kappa shape index (κ1) is 67.9. The minimum Gasteiger partial charge on any atom is -0.744 e. The molecule has 0 aliphatic heterocycles. The molecule has 0 N–H and O–H groups in total. The topological polar surface area (TPSA) is 114 Å². The van der Waals surface area contributed by atoms with Crippen molar-refractivity contribution in [2.75, 3.05) is 0 Å². The van der Waals surface area contributed by atoms with Crippen LogP contribution in [0.1, 0.15) is 281 Å². The third-order valence-corrected chi connectivity index (χ3v) is 16.8. The predicted molar refractivity (Wildman–Crippen MR) is 313 cm³/mol. The Bertz CT molecular complexity index is 2100. The number of rotatable bonds is 42. The third-order valence-electron chi connectivity index (χ3n) is 15.0. The summed E-state index contributed by atoms with van der Waals surface area (Å²) in [6, 6.07) is 19.1. The zero-order valence-corrected chi connectivity index (χ0v) is 53.1. The van der Waals surface area contributed by atoms with E-state index in [1.54, 1.807) is 0 Å². The van der Waals surface area contributed by atoms with Gasteiger partial charge in [-0.2, -0.15) is 0 Å². The monoisotopic (exact) mass is 1170 g/mol. The maximum Gasteiger partial charge on any atom is 2.00 e. The molecule has 0 aliphatic carbocycles. The van der Waals surface area contributed by atoms with E-state index in [0.717, 1.165) is 84.4 Å². The summed E-state index contributed by atoms with van der Waals surface area (Å²) in [6.07, 6.45) is 50.0. The number of aryl methyl sites for hydroxylation is 4. The molecule has 4 aromatic rings. The molecule has 6 nitrogen and oxygen atoms in total. The van der Waals surface area contributed by atoms with E-state index in [4.69, 9.17) is 0 Å². The van der Waals surface area contributed by atoms with Crippen LogP contribution in [0.25, 0.3) is 21.5 Å². The van der Waals surface area contributed by atoms with Crippen LogP contribution < -0.4 is 0 Å². The molecule has 0 unspecified atom stereocenters. The predicted octanol–water partition coefficient (Wildman–Crippen LogP) is 19.4. The van der Waals surface area contributed by atoms with E-state index in [1.165, 1.54) is 218 Å². The quantitative estimate of drug-likeness (QED) is 0.0248. The van der Waals surface area contributed by atoms with Crippen molar-refractivity contribution >= 4 is 90.7 Å². The molecule has 0 spiro atoms. The van der Waals surface area contributed by atoms with Crippen LogP contribution in [-0.2, 0) is 45.9 Å².